The molecule has 39 heavy (non-hydrogen) atoms. The van der Waals surface area contributed by atoms with Crippen LogP contribution < -0.4 is 16.7 Å². The van der Waals surface area contributed by atoms with Gasteiger partial charge in [0.1, 0.15) is 6.61 Å². The molecule has 0 spiro atoms. The van der Waals surface area contributed by atoms with Crippen molar-refractivity contribution in [3.8, 4) is 11.4 Å². The number of fused-ring (bicyclic) bond motifs is 5. The number of aliphatic hydroxyl groups is 1. The molecule has 1 atom stereocenters. The number of pyridine rings is 2. The van der Waals surface area contributed by atoms with Crippen LogP contribution >= 0.6 is 12.4 Å². The number of nitrogen functional groups attached to an aromatic ring is 1. The number of esters is 1. The molecule has 4 aromatic rings. The first-order valence-corrected chi connectivity index (χ1v) is 12.1. The van der Waals surface area contributed by atoms with E-state index in [4.69, 9.17) is 15.5 Å². The van der Waals surface area contributed by atoms with Crippen molar-refractivity contribution in [2.45, 2.75) is 32.1 Å². The Morgan fingerprint density at radius 2 is 1.95 bits per heavy atom. The fraction of sp³-hybridized carbons (Fsp3) is 0.179. The lowest BCUT2D eigenvalue weighted by molar-refractivity contribution is -0.172. The second-order valence-electron chi connectivity index (χ2n) is 9.29. The van der Waals surface area contributed by atoms with Crippen LogP contribution in [0.4, 0.5) is 5.69 Å². The van der Waals surface area contributed by atoms with Gasteiger partial charge in [0.25, 0.3) is 11.5 Å². The highest BCUT2D eigenvalue weighted by Crippen LogP contribution is 2.39. The minimum Gasteiger partial charge on any atom is -0.458 e. The van der Waals surface area contributed by atoms with Gasteiger partial charge in [-0.05, 0) is 42.8 Å². The van der Waals surface area contributed by atoms with Crippen molar-refractivity contribution in [2.24, 2.45) is 5.10 Å². The second kappa shape index (κ2) is 9.64. The first-order valence-electron chi connectivity index (χ1n) is 12.1. The highest BCUT2D eigenvalue weighted by atomic mass is 35.5. The monoisotopic (exact) mass is 545 g/mol. The number of nitrogens with one attached hydrogen (secondary N) is 1. The number of amides is 1. The third-order valence-electron chi connectivity index (χ3n) is 7.17. The Bertz CT molecular complexity index is 1750. The quantitative estimate of drug-likeness (QED) is 0.136. The van der Waals surface area contributed by atoms with E-state index in [1.165, 1.54) is 0 Å². The number of hydrogen-bond acceptors (Lipinski definition) is 8. The molecule has 11 heteroatoms. The van der Waals surface area contributed by atoms with E-state index in [0.717, 1.165) is 10.9 Å². The largest absolute Gasteiger partial charge is 0.458 e. The van der Waals surface area contributed by atoms with Crippen LogP contribution in [-0.2, 0) is 28.3 Å². The average Bonchev–Trinajstić information content (AvgIpc) is 3.29. The van der Waals surface area contributed by atoms with E-state index < -0.39 is 17.5 Å². The lowest BCUT2D eigenvalue weighted by Gasteiger charge is -2.31. The van der Waals surface area contributed by atoms with Crippen molar-refractivity contribution in [1.29, 1.82) is 0 Å². The molecule has 0 radical (unpaired) electrons. The number of para-hydroxylation sites is 1. The first kappa shape index (κ1) is 26.1. The SMILES string of the molecule is CC[C@@]1(O)C(=O)OCc2c1cc1n(c2=O)Cc2c-1nc1ccccc1c2C=NNC(=O)c1ccc(N)cc1.Cl. The van der Waals surface area contributed by atoms with Crippen molar-refractivity contribution >= 4 is 47.1 Å². The van der Waals surface area contributed by atoms with Crippen LogP contribution in [0.15, 0.2) is 64.5 Å². The van der Waals surface area contributed by atoms with Gasteiger partial charge in [0.2, 0.25) is 0 Å². The minimum absolute atomic E-state index is 0. The zero-order valence-corrected chi connectivity index (χ0v) is 21.6. The molecule has 4 heterocycles. The number of benzene rings is 2. The van der Waals surface area contributed by atoms with E-state index in [9.17, 15) is 19.5 Å². The van der Waals surface area contributed by atoms with Crippen LogP contribution in [0.25, 0.3) is 22.3 Å². The summed E-state index contributed by atoms with van der Waals surface area (Å²) in [6.45, 7) is 1.67. The van der Waals surface area contributed by atoms with E-state index in [1.54, 1.807) is 48.0 Å². The molecule has 1 amide bonds. The molecule has 6 rings (SSSR count). The van der Waals surface area contributed by atoms with Crippen LogP contribution in [0.5, 0.6) is 0 Å². The van der Waals surface area contributed by atoms with Gasteiger partial charge in [0.05, 0.1) is 35.2 Å². The van der Waals surface area contributed by atoms with E-state index in [2.05, 4.69) is 10.5 Å². The number of anilines is 1. The molecular formula is C28H24ClN5O5. The van der Waals surface area contributed by atoms with E-state index in [0.29, 0.717) is 33.7 Å². The maximum absolute atomic E-state index is 13.5. The molecule has 2 aromatic heterocycles. The van der Waals surface area contributed by atoms with Gasteiger partial charge < -0.3 is 20.1 Å². The van der Waals surface area contributed by atoms with Crippen LogP contribution in [-0.4, -0.2) is 32.7 Å². The summed E-state index contributed by atoms with van der Waals surface area (Å²) < 4.78 is 6.71. The van der Waals surface area contributed by atoms with Crippen LogP contribution in [0.1, 0.15) is 46.0 Å². The number of nitrogens with zero attached hydrogens (tertiary/aromatic N) is 3. The smallest absolute Gasteiger partial charge is 0.343 e. The summed E-state index contributed by atoms with van der Waals surface area (Å²) in [5, 5.41) is 16.1. The molecule has 0 aliphatic carbocycles. The Morgan fingerprint density at radius 3 is 2.69 bits per heavy atom. The number of carbonyl (C=O) groups excluding carboxylic acids is 2. The number of hydrogen-bond donors (Lipinski definition) is 3. The molecule has 2 aliphatic heterocycles. The molecule has 0 fully saturated rings. The summed E-state index contributed by atoms with van der Waals surface area (Å²) in [5.41, 5.74) is 10.6. The van der Waals surface area contributed by atoms with Gasteiger partial charge in [0, 0.05) is 33.3 Å². The number of nitrogens with two attached hydrogens (primary N) is 1. The Labute approximate surface area is 228 Å². The normalized spacial score (nSPS) is 17.2. The maximum atomic E-state index is 13.5. The number of halogens is 1. The minimum atomic E-state index is -1.90. The summed E-state index contributed by atoms with van der Waals surface area (Å²) in [6, 6.07) is 15.6. The van der Waals surface area contributed by atoms with Crippen LogP contribution in [0, 0.1) is 0 Å². The number of cyclic esters (lactones) is 1. The van der Waals surface area contributed by atoms with Crippen LogP contribution in [0.2, 0.25) is 0 Å². The number of carbonyl (C=O) groups is 2. The number of hydrazone groups is 1. The van der Waals surface area contributed by atoms with Gasteiger partial charge >= 0.3 is 5.97 Å². The Morgan fingerprint density at radius 1 is 1.21 bits per heavy atom. The van der Waals surface area contributed by atoms with E-state index in [1.807, 2.05) is 24.3 Å². The van der Waals surface area contributed by atoms with Crippen molar-refractivity contribution in [3.63, 3.8) is 0 Å². The number of aromatic nitrogens is 2. The maximum Gasteiger partial charge on any atom is 0.343 e. The molecule has 0 saturated carbocycles. The molecule has 10 nitrogen and oxygen atoms in total. The van der Waals surface area contributed by atoms with E-state index in [-0.39, 0.29) is 48.7 Å². The predicted molar refractivity (Wildman–Crippen MR) is 148 cm³/mol. The van der Waals surface area contributed by atoms with Crippen molar-refractivity contribution in [2.75, 3.05) is 5.73 Å². The van der Waals surface area contributed by atoms with Crippen molar-refractivity contribution in [1.82, 2.24) is 15.0 Å². The average molecular weight is 546 g/mol. The van der Waals surface area contributed by atoms with Gasteiger partial charge in [-0.1, -0.05) is 25.1 Å². The second-order valence-corrected chi connectivity index (χ2v) is 9.29. The fourth-order valence-electron chi connectivity index (χ4n) is 5.06. The van der Waals surface area contributed by atoms with Gasteiger partial charge in [0.15, 0.2) is 5.60 Å². The topological polar surface area (TPSA) is 149 Å². The zero-order chi connectivity index (χ0) is 26.6. The summed E-state index contributed by atoms with van der Waals surface area (Å²) in [4.78, 5) is 43.3. The Balaban J connectivity index is 0.00000308. The number of rotatable bonds is 4. The third kappa shape index (κ3) is 4.05. The summed E-state index contributed by atoms with van der Waals surface area (Å²) in [5.74, 6) is -1.17. The molecule has 2 aromatic carbocycles. The van der Waals surface area contributed by atoms with E-state index >= 15 is 0 Å². The van der Waals surface area contributed by atoms with Gasteiger partial charge in [-0.25, -0.2) is 15.2 Å². The summed E-state index contributed by atoms with van der Waals surface area (Å²) >= 11 is 0. The van der Waals surface area contributed by atoms with Crippen molar-refractivity contribution in [3.05, 3.63) is 92.8 Å². The first-order chi connectivity index (χ1) is 18.3. The highest BCUT2D eigenvalue weighted by molar-refractivity contribution is 6.03. The lowest BCUT2D eigenvalue weighted by atomic mass is 9.86. The van der Waals surface area contributed by atoms with Gasteiger partial charge in [-0.15, -0.1) is 12.4 Å². The highest BCUT2D eigenvalue weighted by Gasteiger charge is 2.45. The summed E-state index contributed by atoms with van der Waals surface area (Å²) in [6.07, 6.45) is 1.61. The molecule has 0 bridgehead atoms. The molecule has 2 aliphatic rings. The number of ether oxygens (including phenoxy) is 1. The van der Waals surface area contributed by atoms with Crippen LogP contribution in [0.3, 0.4) is 0 Å². The van der Waals surface area contributed by atoms with Gasteiger partial charge in [-0.2, -0.15) is 5.10 Å². The molecular weight excluding hydrogens is 522 g/mol. The Kier molecular flexibility index (Phi) is 6.45. The third-order valence-corrected chi connectivity index (χ3v) is 7.17. The fourth-order valence-corrected chi connectivity index (χ4v) is 5.06. The predicted octanol–water partition coefficient (Wildman–Crippen LogP) is 2.85. The lowest BCUT2D eigenvalue weighted by Crippen LogP contribution is -2.44. The Hall–Kier alpha value is -4.54. The standard InChI is InChI=1S/C28H23N5O5.ClH/c1-2-28(37)21-11-23-24-19(13-33(23)26(35)20(21)14-38-27(28)36)18(17-5-3-4-6-22(17)31-24)12-30-32-25(34)15-7-9-16(29)10-8-15;/h3-12,37H,2,13-14,29H2,1H3,(H,32,34);1H/t28-;/m0./s1. The van der Waals surface area contributed by atoms with Gasteiger partial charge in [-0.3, -0.25) is 9.59 Å². The summed E-state index contributed by atoms with van der Waals surface area (Å²) in [7, 11) is 0. The molecule has 0 saturated heterocycles. The molecule has 0 unspecified atom stereocenters. The zero-order valence-electron chi connectivity index (χ0n) is 20.8. The molecule has 198 valence electrons. The van der Waals surface area contributed by atoms with Crippen molar-refractivity contribution < 1.29 is 19.4 Å². The molecule has 4 N–H and O–H groups in total.